The van der Waals surface area contributed by atoms with Crippen molar-refractivity contribution in [3.63, 3.8) is 0 Å². The molecule has 4 aliphatic carbocycles. The molecule has 1 saturated heterocycles. The molecule has 5 rings (SSSR count). The molecule has 1 aliphatic heterocycles. The summed E-state index contributed by atoms with van der Waals surface area (Å²) >= 11 is 0. The van der Waals surface area contributed by atoms with E-state index in [-0.39, 0.29) is 46.0 Å². The van der Waals surface area contributed by atoms with Gasteiger partial charge in [0.25, 0.3) is 0 Å². The molecule has 4 fully saturated rings. The van der Waals surface area contributed by atoms with Gasteiger partial charge in [0, 0.05) is 18.3 Å². The molecule has 0 aromatic heterocycles. The van der Waals surface area contributed by atoms with Gasteiger partial charge in [-0.05, 0) is 78.9 Å². The van der Waals surface area contributed by atoms with Crippen molar-refractivity contribution in [2.75, 3.05) is 7.11 Å². The molecular weight excluding hydrogens is 380 g/mol. The Morgan fingerprint density at radius 1 is 1.10 bits per heavy atom. The van der Waals surface area contributed by atoms with Gasteiger partial charge >= 0.3 is 11.9 Å². The number of esters is 2. The summed E-state index contributed by atoms with van der Waals surface area (Å²) in [5.74, 6) is 0.0591. The summed E-state index contributed by atoms with van der Waals surface area (Å²) in [7, 11) is 1.44. The number of hydrogen-bond acceptors (Lipinski definition) is 5. The van der Waals surface area contributed by atoms with Crippen LogP contribution in [-0.4, -0.2) is 30.4 Å². The Kier molecular flexibility index (Phi) is 4.21. The van der Waals surface area contributed by atoms with Crippen LogP contribution in [0.3, 0.4) is 0 Å². The van der Waals surface area contributed by atoms with Crippen LogP contribution in [0.4, 0.5) is 0 Å². The Labute approximate surface area is 178 Å². The van der Waals surface area contributed by atoms with Gasteiger partial charge in [-0.25, -0.2) is 0 Å². The number of rotatable bonds is 1. The van der Waals surface area contributed by atoms with Crippen molar-refractivity contribution >= 4 is 17.7 Å². The van der Waals surface area contributed by atoms with Crippen LogP contribution >= 0.6 is 0 Å². The molecule has 162 valence electrons. The molecule has 0 amide bonds. The first-order valence-electron chi connectivity index (χ1n) is 11.4. The zero-order valence-electron chi connectivity index (χ0n) is 18.3. The Hall–Kier alpha value is -1.91. The third kappa shape index (κ3) is 2.32. The maximum Gasteiger partial charge on any atom is 0.313 e. The highest BCUT2D eigenvalue weighted by Gasteiger charge is 2.69. The first kappa shape index (κ1) is 20.0. The third-order valence-electron chi connectivity index (χ3n) is 9.86. The Morgan fingerprint density at radius 3 is 2.50 bits per heavy atom. The molecule has 1 heterocycles. The van der Waals surface area contributed by atoms with Crippen LogP contribution in [0.1, 0.15) is 65.2 Å². The van der Waals surface area contributed by atoms with E-state index in [1.165, 1.54) is 7.11 Å². The van der Waals surface area contributed by atoms with Gasteiger partial charge in [-0.15, -0.1) is 0 Å². The average Bonchev–Trinajstić information content (AvgIpc) is 3.23. The molecule has 0 aromatic rings. The van der Waals surface area contributed by atoms with Gasteiger partial charge in [-0.3, -0.25) is 14.4 Å². The summed E-state index contributed by atoms with van der Waals surface area (Å²) in [5, 5.41) is 0. The molecule has 1 spiro atoms. The number of hydrogen-bond donors (Lipinski definition) is 0. The second kappa shape index (κ2) is 6.30. The van der Waals surface area contributed by atoms with Gasteiger partial charge in [0.05, 0.1) is 13.0 Å². The summed E-state index contributed by atoms with van der Waals surface area (Å²) < 4.78 is 11.3. The lowest BCUT2D eigenvalue weighted by Gasteiger charge is -2.61. The predicted octanol–water partition coefficient (Wildman–Crippen LogP) is 4.16. The van der Waals surface area contributed by atoms with Crippen LogP contribution in [0.5, 0.6) is 0 Å². The van der Waals surface area contributed by atoms with Gasteiger partial charge in [0.15, 0.2) is 5.78 Å². The number of allylic oxidation sites excluding steroid dienone is 1. The first-order chi connectivity index (χ1) is 14.2. The molecule has 0 radical (unpaired) electrons. The van der Waals surface area contributed by atoms with E-state index in [2.05, 4.69) is 20.4 Å². The predicted molar refractivity (Wildman–Crippen MR) is 110 cm³/mol. The standard InChI is InChI=1S/C25H32O5/c1-14-18-13-15(26)5-9-23(18,2)16-6-10-24(3)17(21(16)20(14)22(28)29-4)7-11-25(24)12-8-19(27)30-25/h13,16-17,20-21H,1,5-12H2,2-4H3/t16-,17-,20+,21+,23+,24-,25+/m0/s1. The van der Waals surface area contributed by atoms with Crippen molar-refractivity contribution in [1.29, 1.82) is 0 Å². The highest BCUT2D eigenvalue weighted by molar-refractivity contribution is 5.93. The molecule has 3 saturated carbocycles. The van der Waals surface area contributed by atoms with E-state index in [0.717, 1.165) is 49.7 Å². The Bertz CT molecular complexity index is 886. The minimum Gasteiger partial charge on any atom is -0.469 e. The monoisotopic (exact) mass is 412 g/mol. The van der Waals surface area contributed by atoms with Crippen LogP contribution in [0.25, 0.3) is 0 Å². The van der Waals surface area contributed by atoms with Gasteiger partial charge in [-0.2, -0.15) is 0 Å². The summed E-state index contributed by atoms with van der Waals surface area (Å²) in [4.78, 5) is 37.4. The largest absolute Gasteiger partial charge is 0.469 e. The maximum atomic E-state index is 13.1. The van der Waals surface area contributed by atoms with E-state index in [1.54, 1.807) is 6.08 Å². The highest BCUT2D eigenvalue weighted by atomic mass is 16.6. The van der Waals surface area contributed by atoms with Crippen molar-refractivity contribution in [3.05, 3.63) is 23.8 Å². The highest BCUT2D eigenvalue weighted by Crippen LogP contribution is 2.71. The molecule has 5 heteroatoms. The fourth-order valence-electron chi connectivity index (χ4n) is 8.29. The smallest absolute Gasteiger partial charge is 0.313 e. The van der Waals surface area contributed by atoms with Crippen molar-refractivity contribution in [2.24, 2.45) is 34.5 Å². The number of carbonyl (C=O) groups excluding carboxylic acids is 3. The quantitative estimate of drug-likeness (QED) is 0.605. The molecule has 0 N–H and O–H groups in total. The van der Waals surface area contributed by atoms with Crippen LogP contribution in [-0.2, 0) is 23.9 Å². The SMILES string of the molecule is C=C1C2=CC(=O)CC[C@]2(C)[C@H]2CC[C@@]3(C)[C@@H](CC[C@@]34CCC(=O)O4)[C@@H]2[C@@H]1C(=O)OC. The Morgan fingerprint density at radius 2 is 1.83 bits per heavy atom. The number of carbonyl (C=O) groups is 3. The van der Waals surface area contributed by atoms with Crippen molar-refractivity contribution in [3.8, 4) is 0 Å². The van der Waals surface area contributed by atoms with Crippen LogP contribution in [0, 0.1) is 34.5 Å². The number of fused-ring (bicyclic) bond motifs is 6. The zero-order chi connectivity index (χ0) is 21.5. The van der Waals surface area contributed by atoms with Crippen molar-refractivity contribution in [2.45, 2.75) is 70.8 Å². The van der Waals surface area contributed by atoms with Crippen molar-refractivity contribution < 1.29 is 23.9 Å². The minimum atomic E-state index is -0.429. The minimum absolute atomic E-state index is 0.0838. The molecular formula is C25H32O5. The summed E-state index contributed by atoms with van der Waals surface area (Å²) in [5.41, 5.74) is 1.09. The van der Waals surface area contributed by atoms with Crippen LogP contribution in [0.15, 0.2) is 23.8 Å². The molecule has 0 bridgehead atoms. The lowest BCUT2D eigenvalue weighted by atomic mass is 9.43. The van der Waals surface area contributed by atoms with Gasteiger partial charge < -0.3 is 9.47 Å². The molecule has 5 aliphatic rings. The first-order valence-corrected chi connectivity index (χ1v) is 11.4. The van der Waals surface area contributed by atoms with Gasteiger partial charge in [0.2, 0.25) is 0 Å². The van der Waals surface area contributed by atoms with Crippen LogP contribution in [0.2, 0.25) is 0 Å². The zero-order valence-corrected chi connectivity index (χ0v) is 18.3. The molecule has 30 heavy (non-hydrogen) atoms. The summed E-state index contributed by atoms with van der Waals surface area (Å²) in [6, 6.07) is 0. The summed E-state index contributed by atoms with van der Waals surface area (Å²) in [6.07, 6.45) is 8.20. The van der Waals surface area contributed by atoms with E-state index in [0.29, 0.717) is 18.8 Å². The number of ketones is 1. The van der Waals surface area contributed by atoms with E-state index in [1.807, 2.05) is 0 Å². The second-order valence-corrected chi connectivity index (χ2v) is 10.7. The van der Waals surface area contributed by atoms with Crippen molar-refractivity contribution in [1.82, 2.24) is 0 Å². The lowest BCUT2D eigenvalue weighted by Crippen LogP contribution is -2.58. The maximum absolute atomic E-state index is 13.1. The van der Waals surface area contributed by atoms with E-state index < -0.39 is 5.92 Å². The van der Waals surface area contributed by atoms with E-state index in [9.17, 15) is 14.4 Å². The number of methoxy groups -OCH3 is 1. The third-order valence-corrected chi connectivity index (χ3v) is 9.86. The Balaban J connectivity index is 1.62. The second-order valence-electron chi connectivity index (χ2n) is 10.7. The number of ether oxygens (including phenoxy) is 2. The molecule has 0 unspecified atom stereocenters. The van der Waals surface area contributed by atoms with Gasteiger partial charge in [-0.1, -0.05) is 20.4 Å². The fraction of sp³-hybridized carbons (Fsp3) is 0.720. The lowest BCUT2D eigenvalue weighted by molar-refractivity contribution is -0.174. The fourth-order valence-corrected chi connectivity index (χ4v) is 8.29. The normalized spacial score (nSPS) is 47.3. The molecule has 7 atom stereocenters. The average molecular weight is 413 g/mol. The van der Waals surface area contributed by atoms with E-state index in [4.69, 9.17) is 9.47 Å². The van der Waals surface area contributed by atoms with Gasteiger partial charge in [0.1, 0.15) is 5.60 Å². The topological polar surface area (TPSA) is 69.7 Å². The van der Waals surface area contributed by atoms with E-state index >= 15 is 0 Å². The van der Waals surface area contributed by atoms with Crippen LogP contribution < -0.4 is 0 Å². The molecule has 5 nitrogen and oxygen atoms in total. The molecule has 0 aromatic carbocycles. The summed E-state index contributed by atoms with van der Waals surface area (Å²) in [6.45, 7) is 8.91.